The molecule has 0 aromatic heterocycles. The first-order chi connectivity index (χ1) is 14.4. The SMILES string of the molecule is CNc1ccc(NC(=O)[C@H](N)CN)cc1C(=O)N[C@H](C)c1cccc2ccccc12. The van der Waals surface area contributed by atoms with Crippen LogP contribution in [0.5, 0.6) is 0 Å². The molecule has 30 heavy (non-hydrogen) atoms. The van der Waals surface area contributed by atoms with Crippen LogP contribution in [0.15, 0.2) is 60.7 Å². The van der Waals surface area contributed by atoms with E-state index in [0.717, 1.165) is 16.3 Å². The lowest BCUT2D eigenvalue weighted by atomic mass is 9.99. The van der Waals surface area contributed by atoms with E-state index in [0.29, 0.717) is 16.9 Å². The second kappa shape index (κ2) is 9.39. The fourth-order valence-corrected chi connectivity index (χ4v) is 3.35. The van der Waals surface area contributed by atoms with Gasteiger partial charge in [-0.05, 0) is 41.5 Å². The quantitative estimate of drug-likeness (QED) is 0.414. The van der Waals surface area contributed by atoms with E-state index in [9.17, 15) is 9.59 Å². The van der Waals surface area contributed by atoms with Gasteiger partial charge in [0.1, 0.15) is 0 Å². The lowest BCUT2D eigenvalue weighted by Crippen LogP contribution is -2.41. The summed E-state index contributed by atoms with van der Waals surface area (Å²) in [5.41, 5.74) is 13.7. The van der Waals surface area contributed by atoms with E-state index in [2.05, 4.69) is 16.0 Å². The van der Waals surface area contributed by atoms with Crippen LogP contribution in [0.25, 0.3) is 10.8 Å². The van der Waals surface area contributed by atoms with Crippen molar-refractivity contribution in [2.45, 2.75) is 19.0 Å². The van der Waals surface area contributed by atoms with Crippen LogP contribution in [0.1, 0.15) is 28.9 Å². The van der Waals surface area contributed by atoms with Crippen LogP contribution in [0.4, 0.5) is 11.4 Å². The van der Waals surface area contributed by atoms with Crippen molar-refractivity contribution < 1.29 is 9.59 Å². The molecule has 0 saturated carbocycles. The van der Waals surface area contributed by atoms with Crippen molar-refractivity contribution >= 4 is 34.0 Å². The van der Waals surface area contributed by atoms with Gasteiger partial charge in [0.05, 0.1) is 17.6 Å². The van der Waals surface area contributed by atoms with Crippen molar-refractivity contribution in [3.05, 3.63) is 71.8 Å². The van der Waals surface area contributed by atoms with Gasteiger partial charge < -0.3 is 27.4 Å². The van der Waals surface area contributed by atoms with Crippen molar-refractivity contribution in [2.75, 3.05) is 24.2 Å². The zero-order valence-electron chi connectivity index (χ0n) is 17.1. The van der Waals surface area contributed by atoms with Crippen LogP contribution >= 0.6 is 0 Å². The summed E-state index contributed by atoms with van der Waals surface area (Å²) in [4.78, 5) is 25.1. The second-order valence-electron chi connectivity index (χ2n) is 7.11. The average Bonchev–Trinajstić information content (AvgIpc) is 2.77. The summed E-state index contributed by atoms with van der Waals surface area (Å²) in [7, 11) is 1.74. The molecule has 0 unspecified atom stereocenters. The lowest BCUT2D eigenvalue weighted by molar-refractivity contribution is -0.117. The predicted molar refractivity (Wildman–Crippen MR) is 121 cm³/mol. The summed E-state index contributed by atoms with van der Waals surface area (Å²) in [6.45, 7) is 1.99. The Balaban J connectivity index is 1.84. The highest BCUT2D eigenvalue weighted by Gasteiger charge is 2.18. The molecule has 0 radical (unpaired) electrons. The van der Waals surface area contributed by atoms with E-state index in [1.807, 2.05) is 49.4 Å². The minimum atomic E-state index is -0.808. The molecule has 2 atom stereocenters. The molecule has 0 fully saturated rings. The van der Waals surface area contributed by atoms with Crippen LogP contribution in [0.2, 0.25) is 0 Å². The number of amides is 2. The molecule has 7 heteroatoms. The largest absolute Gasteiger partial charge is 0.387 e. The van der Waals surface area contributed by atoms with E-state index in [4.69, 9.17) is 11.5 Å². The number of carbonyl (C=O) groups is 2. The summed E-state index contributed by atoms with van der Waals surface area (Å²) in [5.74, 6) is -0.649. The molecule has 0 aliphatic heterocycles. The van der Waals surface area contributed by atoms with E-state index in [1.54, 1.807) is 25.2 Å². The summed E-state index contributed by atoms with van der Waals surface area (Å²) < 4.78 is 0. The van der Waals surface area contributed by atoms with Crippen molar-refractivity contribution in [3.63, 3.8) is 0 Å². The predicted octanol–water partition coefficient (Wildman–Crippen LogP) is 2.60. The van der Waals surface area contributed by atoms with E-state index < -0.39 is 11.9 Å². The zero-order chi connectivity index (χ0) is 21.7. The molecule has 156 valence electrons. The maximum Gasteiger partial charge on any atom is 0.253 e. The Bertz CT molecular complexity index is 1060. The average molecular weight is 406 g/mol. The first-order valence-corrected chi connectivity index (χ1v) is 9.81. The lowest BCUT2D eigenvalue weighted by Gasteiger charge is -2.19. The number of nitrogens with two attached hydrogens (primary N) is 2. The molecule has 3 aromatic carbocycles. The first kappa shape index (κ1) is 21.3. The third-order valence-corrected chi connectivity index (χ3v) is 5.03. The zero-order valence-corrected chi connectivity index (χ0v) is 17.1. The van der Waals surface area contributed by atoms with Crippen LogP contribution in [-0.2, 0) is 4.79 Å². The van der Waals surface area contributed by atoms with Crippen molar-refractivity contribution in [1.29, 1.82) is 0 Å². The Morgan fingerprint density at radius 3 is 2.50 bits per heavy atom. The Hall–Kier alpha value is -3.42. The Morgan fingerprint density at radius 1 is 1.03 bits per heavy atom. The number of rotatable bonds is 7. The summed E-state index contributed by atoms with van der Waals surface area (Å²) in [6, 6.07) is 18.2. The molecule has 0 bridgehead atoms. The smallest absolute Gasteiger partial charge is 0.253 e. The molecule has 2 amide bonds. The van der Waals surface area contributed by atoms with Crippen molar-refractivity contribution in [2.24, 2.45) is 11.5 Å². The number of benzene rings is 3. The van der Waals surface area contributed by atoms with Gasteiger partial charge in [0.2, 0.25) is 5.91 Å². The van der Waals surface area contributed by atoms with Gasteiger partial charge in [-0.3, -0.25) is 9.59 Å². The van der Waals surface area contributed by atoms with Gasteiger partial charge in [0.25, 0.3) is 5.91 Å². The topological polar surface area (TPSA) is 122 Å². The fourth-order valence-electron chi connectivity index (χ4n) is 3.35. The number of hydrogen-bond donors (Lipinski definition) is 5. The van der Waals surface area contributed by atoms with Crippen LogP contribution in [-0.4, -0.2) is 31.4 Å². The van der Waals surface area contributed by atoms with Crippen LogP contribution < -0.4 is 27.4 Å². The fraction of sp³-hybridized carbons (Fsp3) is 0.217. The maximum atomic E-state index is 13.1. The highest BCUT2D eigenvalue weighted by Crippen LogP contribution is 2.26. The molecule has 0 aliphatic rings. The van der Waals surface area contributed by atoms with Crippen LogP contribution in [0, 0.1) is 0 Å². The molecule has 7 nitrogen and oxygen atoms in total. The van der Waals surface area contributed by atoms with E-state index in [-0.39, 0.29) is 18.5 Å². The maximum absolute atomic E-state index is 13.1. The normalized spacial score (nSPS) is 12.8. The van der Waals surface area contributed by atoms with Gasteiger partial charge >= 0.3 is 0 Å². The van der Waals surface area contributed by atoms with Crippen molar-refractivity contribution in [1.82, 2.24) is 5.32 Å². The van der Waals surface area contributed by atoms with Gasteiger partial charge in [-0.15, -0.1) is 0 Å². The first-order valence-electron chi connectivity index (χ1n) is 9.81. The highest BCUT2D eigenvalue weighted by atomic mass is 16.2. The molecule has 7 N–H and O–H groups in total. The van der Waals surface area contributed by atoms with Gasteiger partial charge in [0, 0.05) is 25.0 Å². The highest BCUT2D eigenvalue weighted by molar-refractivity contribution is 6.02. The minimum Gasteiger partial charge on any atom is -0.387 e. The molecule has 0 saturated heterocycles. The second-order valence-corrected chi connectivity index (χ2v) is 7.11. The number of anilines is 2. The third-order valence-electron chi connectivity index (χ3n) is 5.03. The minimum absolute atomic E-state index is 0.0380. The molecular weight excluding hydrogens is 378 g/mol. The Morgan fingerprint density at radius 2 is 1.77 bits per heavy atom. The molecule has 3 rings (SSSR count). The molecule has 0 spiro atoms. The molecule has 0 aliphatic carbocycles. The molecule has 0 heterocycles. The van der Waals surface area contributed by atoms with Crippen LogP contribution in [0.3, 0.4) is 0 Å². The monoisotopic (exact) mass is 405 g/mol. The number of fused-ring (bicyclic) bond motifs is 1. The third kappa shape index (κ3) is 4.59. The van der Waals surface area contributed by atoms with Gasteiger partial charge in [0.15, 0.2) is 0 Å². The number of nitrogens with one attached hydrogen (secondary N) is 3. The van der Waals surface area contributed by atoms with E-state index >= 15 is 0 Å². The summed E-state index contributed by atoms with van der Waals surface area (Å²) >= 11 is 0. The van der Waals surface area contributed by atoms with E-state index in [1.165, 1.54) is 0 Å². The standard InChI is InChI=1S/C23H27N5O2/c1-14(17-9-5-7-15-6-3-4-8-18(15)17)27-22(29)19-12-16(10-11-21(19)26-2)28-23(30)20(25)13-24/h3-12,14,20,26H,13,24-25H2,1-2H3,(H,27,29)(H,28,30)/t14-,20-/m1/s1. The van der Waals surface area contributed by atoms with Crippen molar-refractivity contribution in [3.8, 4) is 0 Å². The molecule has 3 aromatic rings. The summed E-state index contributed by atoms with van der Waals surface area (Å²) in [5, 5.41) is 11.0. The molecular formula is C23H27N5O2. The number of hydrogen-bond acceptors (Lipinski definition) is 5. The summed E-state index contributed by atoms with van der Waals surface area (Å²) in [6.07, 6.45) is 0. The Kier molecular flexibility index (Phi) is 6.66. The number of carbonyl (C=O) groups excluding carboxylic acids is 2. The Labute approximate surface area is 175 Å². The van der Waals surface area contributed by atoms with Gasteiger partial charge in [-0.2, -0.15) is 0 Å². The van der Waals surface area contributed by atoms with Gasteiger partial charge in [-0.25, -0.2) is 0 Å². The van der Waals surface area contributed by atoms with Gasteiger partial charge in [-0.1, -0.05) is 42.5 Å².